The molecule has 1 amide bonds. The van der Waals surface area contributed by atoms with E-state index in [9.17, 15) is 18.0 Å². The number of likely N-dealkylation sites (tertiary alicyclic amines) is 1. The second kappa shape index (κ2) is 7.95. The molecular weight excluding hydrogens is 365 g/mol. The van der Waals surface area contributed by atoms with Gasteiger partial charge >= 0.3 is 0 Å². The van der Waals surface area contributed by atoms with Crippen LogP contribution in [0.4, 0.5) is 13.2 Å². The Hall–Kier alpha value is -2.34. The van der Waals surface area contributed by atoms with Gasteiger partial charge in [0.25, 0.3) is 0 Å². The van der Waals surface area contributed by atoms with Crippen LogP contribution < -0.4 is 5.32 Å². The van der Waals surface area contributed by atoms with Crippen LogP contribution >= 0.6 is 0 Å². The maximum atomic E-state index is 14.2. The third kappa shape index (κ3) is 3.78. The summed E-state index contributed by atoms with van der Waals surface area (Å²) in [6, 6.07) is 10.5. The minimum atomic E-state index is -0.860. The van der Waals surface area contributed by atoms with Crippen molar-refractivity contribution in [3.05, 3.63) is 71.0 Å². The minimum absolute atomic E-state index is 0.000171. The molecule has 0 bridgehead atoms. The van der Waals surface area contributed by atoms with Gasteiger partial charge in [-0.1, -0.05) is 30.7 Å². The SMILES string of the molecule is O=C1CCCC[C@@H]2[C@@H](N1)[C@H](c1cccc(F)c1)CN2Cc1cccc(F)c1F. The lowest BCUT2D eigenvalue weighted by Crippen LogP contribution is -2.47. The van der Waals surface area contributed by atoms with Crippen molar-refractivity contribution in [2.75, 3.05) is 6.54 Å². The minimum Gasteiger partial charge on any atom is -0.351 e. The predicted molar refractivity (Wildman–Crippen MR) is 100 cm³/mol. The monoisotopic (exact) mass is 388 g/mol. The average molecular weight is 388 g/mol. The van der Waals surface area contributed by atoms with E-state index in [1.165, 1.54) is 18.2 Å². The predicted octanol–water partition coefficient (Wildman–Crippen LogP) is 4.13. The molecule has 4 rings (SSSR count). The summed E-state index contributed by atoms with van der Waals surface area (Å²) in [5.74, 6) is -2.11. The zero-order valence-corrected chi connectivity index (χ0v) is 15.5. The molecule has 6 heteroatoms. The lowest BCUT2D eigenvalue weighted by atomic mass is 9.88. The Morgan fingerprint density at radius 3 is 2.71 bits per heavy atom. The highest BCUT2D eigenvalue weighted by Crippen LogP contribution is 2.37. The molecule has 0 aromatic heterocycles. The Morgan fingerprint density at radius 2 is 1.89 bits per heavy atom. The maximum absolute atomic E-state index is 14.2. The third-order valence-corrected chi connectivity index (χ3v) is 5.91. The van der Waals surface area contributed by atoms with Crippen molar-refractivity contribution in [2.24, 2.45) is 0 Å². The fourth-order valence-corrected chi connectivity index (χ4v) is 4.57. The Bertz CT molecular complexity index is 873. The Morgan fingerprint density at radius 1 is 1.07 bits per heavy atom. The van der Waals surface area contributed by atoms with Crippen LogP contribution in [0.2, 0.25) is 0 Å². The van der Waals surface area contributed by atoms with E-state index in [-0.39, 0.29) is 36.3 Å². The van der Waals surface area contributed by atoms with Gasteiger partial charge in [0.2, 0.25) is 5.91 Å². The summed E-state index contributed by atoms with van der Waals surface area (Å²) in [6.45, 7) is 0.807. The van der Waals surface area contributed by atoms with Crippen LogP contribution in [0, 0.1) is 17.5 Å². The Balaban J connectivity index is 1.66. The lowest BCUT2D eigenvalue weighted by Gasteiger charge is -2.31. The third-order valence-electron chi connectivity index (χ3n) is 5.91. The van der Waals surface area contributed by atoms with E-state index in [2.05, 4.69) is 10.2 Å². The topological polar surface area (TPSA) is 32.3 Å². The number of hydrogen-bond acceptors (Lipinski definition) is 2. The first-order valence-corrected chi connectivity index (χ1v) is 9.74. The number of carbonyl (C=O) groups excluding carboxylic acids is 1. The van der Waals surface area contributed by atoms with E-state index >= 15 is 0 Å². The van der Waals surface area contributed by atoms with Crippen molar-refractivity contribution < 1.29 is 18.0 Å². The highest BCUT2D eigenvalue weighted by molar-refractivity contribution is 5.76. The van der Waals surface area contributed by atoms with Crippen LogP contribution in [0.5, 0.6) is 0 Å². The fraction of sp³-hybridized carbons (Fsp3) is 0.409. The summed E-state index contributed by atoms with van der Waals surface area (Å²) in [6.07, 6.45) is 3.04. The van der Waals surface area contributed by atoms with Gasteiger partial charge in [-0.05, 0) is 36.6 Å². The van der Waals surface area contributed by atoms with Crippen molar-refractivity contribution in [2.45, 2.75) is 50.2 Å². The van der Waals surface area contributed by atoms with Gasteiger partial charge in [0.15, 0.2) is 11.6 Å². The number of carbonyl (C=O) groups is 1. The summed E-state index contributed by atoms with van der Waals surface area (Å²) < 4.78 is 41.7. The largest absolute Gasteiger partial charge is 0.351 e. The van der Waals surface area contributed by atoms with Gasteiger partial charge < -0.3 is 5.32 Å². The molecule has 1 N–H and O–H groups in total. The molecule has 28 heavy (non-hydrogen) atoms. The standard InChI is InChI=1S/C22H23F3N2O/c23-16-7-3-5-14(11-16)17-13-27(12-15-6-4-8-18(24)21(15)25)19-9-1-2-10-20(28)26-22(17)19/h3-8,11,17,19,22H,1-2,9-10,12-13H2,(H,26,28)/t17-,19+,22-/m0/s1. The molecular formula is C22H23F3N2O. The molecule has 2 aliphatic rings. The summed E-state index contributed by atoms with van der Waals surface area (Å²) in [5, 5.41) is 3.12. The van der Waals surface area contributed by atoms with Crippen LogP contribution in [-0.4, -0.2) is 29.4 Å². The Kier molecular flexibility index (Phi) is 5.40. The van der Waals surface area contributed by atoms with Gasteiger partial charge in [0, 0.05) is 37.0 Å². The number of fused-ring (bicyclic) bond motifs is 1. The molecule has 2 heterocycles. The van der Waals surface area contributed by atoms with Gasteiger partial charge in [-0.2, -0.15) is 0 Å². The molecule has 2 saturated heterocycles. The van der Waals surface area contributed by atoms with Crippen LogP contribution in [0.15, 0.2) is 42.5 Å². The van der Waals surface area contributed by atoms with Crippen molar-refractivity contribution >= 4 is 5.91 Å². The van der Waals surface area contributed by atoms with Crippen molar-refractivity contribution in [3.63, 3.8) is 0 Å². The first-order valence-electron chi connectivity index (χ1n) is 9.74. The molecule has 0 radical (unpaired) electrons. The maximum Gasteiger partial charge on any atom is 0.220 e. The van der Waals surface area contributed by atoms with Gasteiger partial charge in [-0.3, -0.25) is 9.69 Å². The van der Waals surface area contributed by atoms with Crippen molar-refractivity contribution in [1.29, 1.82) is 0 Å². The number of nitrogens with one attached hydrogen (secondary N) is 1. The molecule has 2 aromatic rings. The number of amides is 1. The molecule has 2 fully saturated rings. The molecule has 2 aromatic carbocycles. The van der Waals surface area contributed by atoms with Crippen LogP contribution in [0.3, 0.4) is 0 Å². The quantitative estimate of drug-likeness (QED) is 0.858. The number of rotatable bonds is 3. The second-order valence-electron chi connectivity index (χ2n) is 7.71. The van der Waals surface area contributed by atoms with Gasteiger partial charge in [-0.25, -0.2) is 13.2 Å². The summed E-state index contributed by atoms with van der Waals surface area (Å²) >= 11 is 0. The number of hydrogen-bond donors (Lipinski definition) is 1. The molecule has 148 valence electrons. The first kappa shape index (κ1) is 19.0. The summed E-state index contributed by atoms with van der Waals surface area (Å²) in [5.41, 5.74) is 1.12. The van der Waals surface area contributed by atoms with E-state index in [4.69, 9.17) is 0 Å². The second-order valence-corrected chi connectivity index (χ2v) is 7.71. The zero-order valence-electron chi connectivity index (χ0n) is 15.5. The van der Waals surface area contributed by atoms with E-state index in [1.807, 2.05) is 6.07 Å². The fourth-order valence-electron chi connectivity index (χ4n) is 4.57. The summed E-state index contributed by atoms with van der Waals surface area (Å²) in [7, 11) is 0. The van der Waals surface area contributed by atoms with Crippen LogP contribution in [0.25, 0.3) is 0 Å². The molecule has 3 nitrogen and oxygen atoms in total. The van der Waals surface area contributed by atoms with Gasteiger partial charge in [0.1, 0.15) is 5.82 Å². The van der Waals surface area contributed by atoms with Gasteiger partial charge in [0.05, 0.1) is 6.04 Å². The van der Waals surface area contributed by atoms with E-state index in [0.29, 0.717) is 18.5 Å². The van der Waals surface area contributed by atoms with Gasteiger partial charge in [-0.15, -0.1) is 0 Å². The number of halogens is 3. The van der Waals surface area contributed by atoms with E-state index < -0.39 is 11.6 Å². The number of nitrogens with zero attached hydrogens (tertiary/aromatic N) is 1. The molecule has 0 saturated carbocycles. The van der Waals surface area contributed by atoms with E-state index in [0.717, 1.165) is 30.9 Å². The average Bonchev–Trinajstić information content (AvgIpc) is 2.97. The van der Waals surface area contributed by atoms with Crippen molar-refractivity contribution in [3.8, 4) is 0 Å². The smallest absolute Gasteiger partial charge is 0.220 e. The number of benzene rings is 2. The summed E-state index contributed by atoms with van der Waals surface area (Å²) in [4.78, 5) is 14.4. The molecule has 3 atom stereocenters. The molecule has 2 aliphatic heterocycles. The highest BCUT2D eigenvalue weighted by Gasteiger charge is 2.43. The van der Waals surface area contributed by atoms with Crippen molar-refractivity contribution in [1.82, 2.24) is 10.2 Å². The van der Waals surface area contributed by atoms with Crippen LogP contribution in [-0.2, 0) is 11.3 Å². The first-order chi connectivity index (χ1) is 13.5. The Labute approximate surface area is 162 Å². The molecule has 0 unspecified atom stereocenters. The molecule has 0 aliphatic carbocycles. The molecule has 0 spiro atoms. The zero-order chi connectivity index (χ0) is 19.7. The van der Waals surface area contributed by atoms with E-state index in [1.54, 1.807) is 12.1 Å². The lowest BCUT2D eigenvalue weighted by molar-refractivity contribution is -0.122. The van der Waals surface area contributed by atoms with Crippen LogP contribution in [0.1, 0.15) is 42.7 Å². The normalized spacial score (nSPS) is 25.7. The highest BCUT2D eigenvalue weighted by atomic mass is 19.2.